The molecule has 1 saturated heterocycles. The highest BCUT2D eigenvalue weighted by Crippen LogP contribution is 2.24. The Hall–Kier alpha value is -3.06. The van der Waals surface area contributed by atoms with E-state index in [0.717, 1.165) is 5.69 Å². The van der Waals surface area contributed by atoms with Gasteiger partial charge in [0.1, 0.15) is 5.82 Å². The van der Waals surface area contributed by atoms with Crippen molar-refractivity contribution in [2.24, 2.45) is 0 Å². The van der Waals surface area contributed by atoms with Crippen LogP contribution < -0.4 is 10.2 Å². The van der Waals surface area contributed by atoms with Gasteiger partial charge in [-0.1, -0.05) is 23.7 Å². The number of amides is 1. The number of para-hydroxylation sites is 1. The van der Waals surface area contributed by atoms with Crippen molar-refractivity contribution < 1.29 is 9.21 Å². The second kappa shape index (κ2) is 7.67. The number of anilines is 3. The Morgan fingerprint density at radius 3 is 2.63 bits per heavy atom. The number of nitrogens with one attached hydrogen (secondary N) is 1. The van der Waals surface area contributed by atoms with Crippen LogP contribution in [0.1, 0.15) is 10.6 Å². The lowest BCUT2D eigenvalue weighted by molar-refractivity contribution is 0.0714. The normalized spacial score (nSPS) is 14.3. The van der Waals surface area contributed by atoms with Crippen LogP contribution in [0.2, 0.25) is 5.02 Å². The lowest BCUT2D eigenvalue weighted by Crippen LogP contribution is -2.49. The highest BCUT2D eigenvalue weighted by Gasteiger charge is 2.24. The number of carbonyl (C=O) groups is 1. The molecule has 1 aromatic carbocycles. The first kappa shape index (κ1) is 17.4. The molecule has 1 aliphatic rings. The van der Waals surface area contributed by atoms with E-state index in [4.69, 9.17) is 16.0 Å². The number of halogens is 1. The molecule has 7 nitrogen and oxygen atoms in total. The molecule has 8 heteroatoms. The minimum Gasteiger partial charge on any atom is -0.459 e. The summed E-state index contributed by atoms with van der Waals surface area (Å²) >= 11 is 6.19. The lowest BCUT2D eigenvalue weighted by Gasteiger charge is -2.34. The van der Waals surface area contributed by atoms with Gasteiger partial charge in [-0.15, -0.1) is 0 Å². The summed E-state index contributed by atoms with van der Waals surface area (Å²) in [5.74, 6) is 1.57. The van der Waals surface area contributed by atoms with Crippen LogP contribution >= 0.6 is 11.6 Å². The van der Waals surface area contributed by atoms with E-state index in [-0.39, 0.29) is 5.91 Å². The third kappa shape index (κ3) is 3.88. The summed E-state index contributed by atoms with van der Waals surface area (Å²) in [5, 5.41) is 3.84. The zero-order valence-electron chi connectivity index (χ0n) is 14.5. The van der Waals surface area contributed by atoms with Crippen molar-refractivity contribution in [1.29, 1.82) is 0 Å². The zero-order chi connectivity index (χ0) is 18.6. The van der Waals surface area contributed by atoms with Crippen molar-refractivity contribution in [1.82, 2.24) is 14.9 Å². The topological polar surface area (TPSA) is 74.5 Å². The molecule has 3 aromatic rings. The highest BCUT2D eigenvalue weighted by molar-refractivity contribution is 6.33. The fraction of sp³-hybridized carbons (Fsp3) is 0.211. The van der Waals surface area contributed by atoms with Gasteiger partial charge in [0, 0.05) is 32.4 Å². The maximum atomic E-state index is 12.4. The van der Waals surface area contributed by atoms with Crippen molar-refractivity contribution in [3.8, 4) is 0 Å². The van der Waals surface area contributed by atoms with Crippen LogP contribution in [-0.2, 0) is 0 Å². The Balaban J connectivity index is 1.41. The van der Waals surface area contributed by atoms with Gasteiger partial charge in [0.25, 0.3) is 5.91 Å². The van der Waals surface area contributed by atoms with Gasteiger partial charge in [0.05, 0.1) is 17.0 Å². The average Bonchev–Trinajstić information content (AvgIpc) is 3.24. The molecule has 1 amide bonds. The first-order valence-electron chi connectivity index (χ1n) is 8.63. The van der Waals surface area contributed by atoms with Crippen LogP contribution in [0.3, 0.4) is 0 Å². The number of furan rings is 1. The highest BCUT2D eigenvalue weighted by atomic mass is 35.5. The Kier molecular flexibility index (Phi) is 4.93. The molecule has 2 aromatic heterocycles. The van der Waals surface area contributed by atoms with Gasteiger partial charge in [-0.3, -0.25) is 4.79 Å². The monoisotopic (exact) mass is 383 g/mol. The molecule has 0 spiro atoms. The van der Waals surface area contributed by atoms with Crippen molar-refractivity contribution in [2.75, 3.05) is 36.4 Å². The average molecular weight is 384 g/mol. The first-order chi connectivity index (χ1) is 13.2. The Bertz CT molecular complexity index is 923. The smallest absolute Gasteiger partial charge is 0.289 e. The van der Waals surface area contributed by atoms with E-state index in [1.54, 1.807) is 29.3 Å². The molecule has 3 heterocycles. The van der Waals surface area contributed by atoms with Crippen molar-refractivity contribution >= 4 is 35.0 Å². The minimum absolute atomic E-state index is 0.0882. The van der Waals surface area contributed by atoms with Crippen molar-refractivity contribution in [3.05, 3.63) is 65.7 Å². The van der Waals surface area contributed by atoms with Gasteiger partial charge in [-0.25, -0.2) is 4.98 Å². The molecule has 0 aliphatic carbocycles. The standard InChI is InChI=1S/C19H18ClN5O2/c20-14-4-1-2-5-15(14)22-17-7-8-21-19(23-17)25-11-9-24(10-12-25)18(26)16-6-3-13-27-16/h1-8,13H,9-12H2,(H,21,22,23). The summed E-state index contributed by atoms with van der Waals surface area (Å²) in [5.41, 5.74) is 0.790. The SMILES string of the molecule is O=C(c1ccco1)N1CCN(c2nccc(Nc3ccccc3Cl)n2)CC1. The Morgan fingerprint density at radius 1 is 1.07 bits per heavy atom. The molecule has 0 bridgehead atoms. The molecule has 1 aliphatic heterocycles. The Morgan fingerprint density at radius 2 is 1.89 bits per heavy atom. The quantitative estimate of drug-likeness (QED) is 0.744. The van der Waals surface area contributed by atoms with Gasteiger partial charge < -0.3 is 19.5 Å². The van der Waals surface area contributed by atoms with Crippen LogP contribution in [0.4, 0.5) is 17.5 Å². The molecular weight excluding hydrogens is 366 g/mol. The number of aromatic nitrogens is 2. The summed E-state index contributed by atoms with van der Waals surface area (Å²) in [6, 6.07) is 12.7. The largest absolute Gasteiger partial charge is 0.459 e. The van der Waals surface area contributed by atoms with Crippen LogP contribution in [0.5, 0.6) is 0 Å². The zero-order valence-corrected chi connectivity index (χ0v) is 15.3. The van der Waals surface area contributed by atoms with E-state index in [1.165, 1.54) is 6.26 Å². The van der Waals surface area contributed by atoms with E-state index >= 15 is 0 Å². The number of piperazine rings is 1. The van der Waals surface area contributed by atoms with E-state index in [1.807, 2.05) is 24.3 Å². The molecule has 0 radical (unpaired) electrons. The number of hydrogen-bond acceptors (Lipinski definition) is 6. The summed E-state index contributed by atoms with van der Waals surface area (Å²) < 4.78 is 5.19. The fourth-order valence-corrected chi connectivity index (χ4v) is 3.12. The second-order valence-electron chi connectivity index (χ2n) is 6.10. The van der Waals surface area contributed by atoms with Crippen LogP contribution in [0.25, 0.3) is 0 Å². The maximum absolute atomic E-state index is 12.4. The minimum atomic E-state index is -0.0882. The number of rotatable bonds is 4. The summed E-state index contributed by atoms with van der Waals surface area (Å²) in [6.45, 7) is 2.49. The van der Waals surface area contributed by atoms with Crippen LogP contribution in [0, 0.1) is 0 Å². The molecule has 138 valence electrons. The fourth-order valence-electron chi connectivity index (χ4n) is 2.94. The number of benzene rings is 1. The summed E-state index contributed by atoms with van der Waals surface area (Å²) in [4.78, 5) is 25.1. The Labute approximate surface area is 161 Å². The number of nitrogens with zero attached hydrogens (tertiary/aromatic N) is 4. The van der Waals surface area contributed by atoms with E-state index in [0.29, 0.717) is 48.7 Å². The molecule has 0 saturated carbocycles. The number of hydrogen-bond donors (Lipinski definition) is 1. The van der Waals surface area contributed by atoms with E-state index in [9.17, 15) is 4.79 Å². The second-order valence-corrected chi connectivity index (χ2v) is 6.51. The van der Waals surface area contributed by atoms with Crippen LogP contribution in [0.15, 0.2) is 59.3 Å². The summed E-state index contributed by atoms with van der Waals surface area (Å²) in [7, 11) is 0. The predicted molar refractivity (Wildman–Crippen MR) is 104 cm³/mol. The molecule has 4 rings (SSSR count). The molecule has 1 N–H and O–H groups in total. The lowest BCUT2D eigenvalue weighted by atomic mass is 10.3. The predicted octanol–water partition coefficient (Wildman–Crippen LogP) is 3.43. The van der Waals surface area contributed by atoms with E-state index < -0.39 is 0 Å². The third-order valence-corrected chi connectivity index (χ3v) is 4.69. The number of carbonyl (C=O) groups excluding carboxylic acids is 1. The molecule has 1 fully saturated rings. The van der Waals surface area contributed by atoms with Crippen LogP contribution in [-0.4, -0.2) is 47.0 Å². The van der Waals surface area contributed by atoms with Gasteiger partial charge in [-0.05, 0) is 30.3 Å². The van der Waals surface area contributed by atoms with Gasteiger partial charge >= 0.3 is 0 Å². The van der Waals surface area contributed by atoms with E-state index in [2.05, 4.69) is 20.2 Å². The third-order valence-electron chi connectivity index (χ3n) is 4.36. The van der Waals surface area contributed by atoms with Gasteiger partial charge in [0.15, 0.2) is 5.76 Å². The molecular formula is C19H18ClN5O2. The summed E-state index contributed by atoms with van der Waals surface area (Å²) in [6.07, 6.45) is 3.22. The molecule has 27 heavy (non-hydrogen) atoms. The van der Waals surface area contributed by atoms with Crippen molar-refractivity contribution in [2.45, 2.75) is 0 Å². The molecule has 0 unspecified atom stereocenters. The van der Waals surface area contributed by atoms with Crippen molar-refractivity contribution in [3.63, 3.8) is 0 Å². The van der Waals surface area contributed by atoms with Gasteiger partial charge in [-0.2, -0.15) is 4.98 Å². The van der Waals surface area contributed by atoms with Gasteiger partial charge in [0.2, 0.25) is 5.95 Å². The first-order valence-corrected chi connectivity index (χ1v) is 9.01. The maximum Gasteiger partial charge on any atom is 0.289 e. The molecule has 0 atom stereocenters.